The molecule has 37 heavy (non-hydrogen) atoms. The molecule has 0 radical (unpaired) electrons. The van der Waals surface area contributed by atoms with Gasteiger partial charge < -0.3 is 14.0 Å². The first kappa shape index (κ1) is 25.7. The summed E-state index contributed by atoms with van der Waals surface area (Å²) in [5.74, 6) is 0.646. The van der Waals surface area contributed by atoms with Gasteiger partial charge in [0.25, 0.3) is 0 Å². The summed E-state index contributed by atoms with van der Waals surface area (Å²) >= 11 is 0. The van der Waals surface area contributed by atoms with E-state index in [4.69, 9.17) is 9.47 Å². The molecule has 0 unspecified atom stereocenters. The Labute approximate surface area is 212 Å². The molecule has 0 bridgehead atoms. The Balaban J connectivity index is 1.47. The van der Waals surface area contributed by atoms with Crippen molar-refractivity contribution in [1.82, 2.24) is 14.8 Å². The highest BCUT2D eigenvalue weighted by atomic mass is 19.4. The van der Waals surface area contributed by atoms with Gasteiger partial charge in [-0.1, -0.05) is 42.5 Å². The average molecular weight is 508 g/mol. The lowest BCUT2D eigenvalue weighted by Crippen LogP contribution is -2.05. The first-order valence-corrected chi connectivity index (χ1v) is 11.5. The number of alkyl halides is 3. The second-order valence-electron chi connectivity index (χ2n) is 8.16. The van der Waals surface area contributed by atoms with E-state index in [2.05, 4.69) is 10.2 Å². The number of carbonyl (C=O) groups is 1. The van der Waals surface area contributed by atoms with Gasteiger partial charge in [-0.2, -0.15) is 13.2 Å². The normalized spacial score (nSPS) is 11.9. The largest absolute Gasteiger partial charge is 0.489 e. The molecule has 0 saturated heterocycles. The smallest absolute Gasteiger partial charge is 0.416 e. The van der Waals surface area contributed by atoms with Gasteiger partial charge in [0.1, 0.15) is 18.7 Å². The van der Waals surface area contributed by atoms with Gasteiger partial charge in [-0.15, -0.1) is 10.2 Å². The summed E-state index contributed by atoms with van der Waals surface area (Å²) in [6, 6.07) is 19.7. The van der Waals surface area contributed by atoms with E-state index < -0.39 is 17.7 Å². The summed E-state index contributed by atoms with van der Waals surface area (Å²) in [7, 11) is 1.78. The number of hydrogen-bond acceptors (Lipinski definition) is 5. The number of hydrogen-bond donors (Lipinski definition) is 0. The molecule has 9 heteroatoms. The van der Waals surface area contributed by atoms with E-state index in [9.17, 15) is 18.0 Å². The Morgan fingerprint density at radius 1 is 1.00 bits per heavy atom. The van der Waals surface area contributed by atoms with Gasteiger partial charge in [-0.05, 0) is 59.5 Å². The molecule has 0 aliphatic heterocycles. The predicted octanol–water partition coefficient (Wildman–Crippen LogP) is 6.07. The van der Waals surface area contributed by atoms with Gasteiger partial charge in [-0.25, -0.2) is 4.79 Å². The Morgan fingerprint density at radius 2 is 1.73 bits per heavy atom. The highest BCUT2D eigenvalue weighted by Crippen LogP contribution is 2.31. The first-order chi connectivity index (χ1) is 17.7. The highest BCUT2D eigenvalue weighted by molar-refractivity contribution is 5.95. The summed E-state index contributed by atoms with van der Waals surface area (Å²) < 4.78 is 51.2. The zero-order valence-electron chi connectivity index (χ0n) is 20.2. The minimum absolute atomic E-state index is 0.258. The van der Waals surface area contributed by atoms with Crippen molar-refractivity contribution >= 4 is 11.5 Å². The molecule has 0 aliphatic rings. The second kappa shape index (κ2) is 11.1. The van der Waals surface area contributed by atoms with Crippen molar-refractivity contribution < 1.29 is 27.4 Å². The van der Waals surface area contributed by atoms with E-state index in [1.807, 2.05) is 36.4 Å². The molecular formula is C28H24F3N3O3. The number of nitrogens with zero attached hydrogens (tertiary/aromatic N) is 3. The lowest BCUT2D eigenvalue weighted by atomic mass is 10.0. The van der Waals surface area contributed by atoms with Crippen molar-refractivity contribution in [3.05, 3.63) is 108 Å². The maximum absolute atomic E-state index is 12.8. The van der Waals surface area contributed by atoms with Crippen LogP contribution in [0.5, 0.6) is 5.75 Å². The maximum Gasteiger partial charge on any atom is 0.416 e. The molecule has 1 aromatic heterocycles. The monoisotopic (exact) mass is 507 g/mol. The third kappa shape index (κ3) is 6.43. The third-order valence-electron chi connectivity index (χ3n) is 5.54. The molecule has 0 spiro atoms. The fourth-order valence-corrected chi connectivity index (χ4v) is 3.70. The number of carbonyl (C=O) groups excluding carboxylic acids is 1. The van der Waals surface area contributed by atoms with Crippen LogP contribution in [0.3, 0.4) is 0 Å². The Morgan fingerprint density at radius 3 is 2.35 bits per heavy atom. The van der Waals surface area contributed by atoms with Crippen LogP contribution in [-0.4, -0.2) is 27.3 Å². The van der Waals surface area contributed by atoms with Crippen LogP contribution in [-0.2, 0) is 29.4 Å². The van der Waals surface area contributed by atoms with Crippen molar-refractivity contribution in [2.75, 3.05) is 6.61 Å². The molecule has 4 rings (SSSR count). The van der Waals surface area contributed by atoms with Gasteiger partial charge in [0.05, 0.1) is 12.2 Å². The molecule has 190 valence electrons. The lowest BCUT2D eigenvalue weighted by Gasteiger charge is -2.11. The van der Waals surface area contributed by atoms with Crippen molar-refractivity contribution in [1.29, 1.82) is 0 Å². The summed E-state index contributed by atoms with van der Waals surface area (Å²) in [4.78, 5) is 12.1. The topological polar surface area (TPSA) is 66.2 Å². The molecule has 0 saturated carbocycles. The van der Waals surface area contributed by atoms with E-state index in [-0.39, 0.29) is 13.2 Å². The van der Waals surface area contributed by atoms with Crippen LogP contribution >= 0.6 is 0 Å². The maximum atomic E-state index is 12.8. The van der Waals surface area contributed by atoms with Gasteiger partial charge in [0.2, 0.25) is 0 Å². The zero-order valence-corrected chi connectivity index (χ0v) is 20.2. The van der Waals surface area contributed by atoms with Crippen molar-refractivity contribution in [2.24, 2.45) is 7.05 Å². The van der Waals surface area contributed by atoms with Gasteiger partial charge in [-0.3, -0.25) is 0 Å². The molecule has 1 heterocycles. The van der Waals surface area contributed by atoms with Crippen LogP contribution in [0.2, 0.25) is 0 Å². The molecule has 4 aromatic rings. The SMILES string of the molecule is CCOC(=O)C=C(c1ccc(OCc2cccc(-c3ccc(C(F)(F)F)cc3)c2)cc1)c1nncn1C. The Hall–Kier alpha value is -4.40. The summed E-state index contributed by atoms with van der Waals surface area (Å²) in [6.07, 6.45) is -1.44. The van der Waals surface area contributed by atoms with Crippen LogP contribution in [0.15, 0.2) is 85.2 Å². The minimum atomic E-state index is -4.37. The minimum Gasteiger partial charge on any atom is -0.489 e. The summed E-state index contributed by atoms with van der Waals surface area (Å²) in [5, 5.41) is 8.00. The number of aryl methyl sites for hydroxylation is 1. The lowest BCUT2D eigenvalue weighted by molar-refractivity contribution is -0.138. The van der Waals surface area contributed by atoms with Crippen LogP contribution < -0.4 is 4.74 Å². The number of esters is 1. The van der Waals surface area contributed by atoms with Crippen LogP contribution in [0.25, 0.3) is 16.7 Å². The molecular weight excluding hydrogens is 483 g/mol. The van der Waals surface area contributed by atoms with E-state index in [1.54, 1.807) is 37.0 Å². The van der Waals surface area contributed by atoms with E-state index in [0.29, 0.717) is 22.7 Å². The fourth-order valence-electron chi connectivity index (χ4n) is 3.70. The van der Waals surface area contributed by atoms with Crippen LogP contribution in [0.4, 0.5) is 13.2 Å². The van der Waals surface area contributed by atoms with E-state index in [0.717, 1.165) is 28.8 Å². The molecule has 0 atom stereocenters. The Kier molecular flexibility index (Phi) is 7.71. The molecule has 6 nitrogen and oxygen atoms in total. The van der Waals surface area contributed by atoms with E-state index >= 15 is 0 Å². The number of aromatic nitrogens is 3. The number of benzene rings is 3. The van der Waals surface area contributed by atoms with Crippen LogP contribution in [0.1, 0.15) is 29.4 Å². The van der Waals surface area contributed by atoms with E-state index in [1.165, 1.54) is 18.2 Å². The molecule has 3 aromatic carbocycles. The second-order valence-corrected chi connectivity index (χ2v) is 8.16. The van der Waals surface area contributed by atoms with Crippen LogP contribution in [0, 0.1) is 0 Å². The van der Waals surface area contributed by atoms with Gasteiger partial charge >= 0.3 is 12.1 Å². The van der Waals surface area contributed by atoms with Crippen molar-refractivity contribution in [2.45, 2.75) is 19.7 Å². The van der Waals surface area contributed by atoms with Crippen molar-refractivity contribution in [3.8, 4) is 16.9 Å². The molecule has 0 amide bonds. The zero-order chi connectivity index (χ0) is 26.4. The summed E-state index contributed by atoms with van der Waals surface area (Å²) in [6.45, 7) is 2.26. The predicted molar refractivity (Wildman–Crippen MR) is 132 cm³/mol. The number of ether oxygens (including phenoxy) is 2. The molecule has 0 fully saturated rings. The Bertz CT molecular complexity index is 1390. The average Bonchev–Trinajstić information content (AvgIpc) is 3.32. The molecule has 0 aliphatic carbocycles. The number of halogens is 3. The first-order valence-electron chi connectivity index (χ1n) is 11.5. The van der Waals surface area contributed by atoms with Gasteiger partial charge in [0, 0.05) is 18.7 Å². The molecule has 0 N–H and O–H groups in total. The quantitative estimate of drug-likeness (QED) is 0.214. The highest BCUT2D eigenvalue weighted by Gasteiger charge is 2.30. The fraction of sp³-hybridized carbons (Fsp3) is 0.179. The van der Waals surface area contributed by atoms with Crippen molar-refractivity contribution in [3.63, 3.8) is 0 Å². The number of rotatable bonds is 8. The summed E-state index contributed by atoms with van der Waals surface area (Å²) in [5.41, 5.74) is 2.96. The van der Waals surface area contributed by atoms with Gasteiger partial charge in [0.15, 0.2) is 5.82 Å². The third-order valence-corrected chi connectivity index (χ3v) is 5.54. The standard InChI is InChI=1S/C28H24F3N3O3/c1-3-36-26(35)16-25(27-33-32-18-34(27)2)21-9-13-24(14-10-21)37-17-19-5-4-6-22(15-19)20-7-11-23(12-8-20)28(29,30)31/h4-16,18H,3,17H2,1-2H3.